The number of hydrogen-bond acceptors (Lipinski definition) is 1. The van der Waals surface area contributed by atoms with Crippen molar-refractivity contribution in [2.75, 3.05) is 37.0 Å². The molecule has 0 saturated carbocycles. The molecule has 0 aromatic heterocycles. The first kappa shape index (κ1) is 37.9. The van der Waals surface area contributed by atoms with Gasteiger partial charge in [0, 0.05) is 25.7 Å². The van der Waals surface area contributed by atoms with E-state index in [9.17, 15) is 4.79 Å². The molecule has 0 atom stereocenters. The third-order valence-corrected chi connectivity index (χ3v) is 18.1. The highest BCUT2D eigenvalue weighted by Gasteiger charge is 2.35. The summed E-state index contributed by atoms with van der Waals surface area (Å²) in [6.07, 6.45) is 18.6. The summed E-state index contributed by atoms with van der Waals surface area (Å²) in [5.41, 5.74) is 4.49. The second kappa shape index (κ2) is 19.9. The van der Waals surface area contributed by atoms with E-state index in [2.05, 4.69) is 90.1 Å². The third kappa shape index (κ3) is 11.4. The van der Waals surface area contributed by atoms with Gasteiger partial charge in [-0.15, -0.1) is 0 Å². The number of rotatable bonds is 18. The Bertz CT molecular complexity index is 789. The van der Waals surface area contributed by atoms with Crippen LogP contribution in [0, 0.1) is 0 Å². The van der Waals surface area contributed by atoms with Crippen molar-refractivity contribution in [1.29, 1.82) is 0 Å². The van der Waals surface area contributed by atoms with Gasteiger partial charge in [0.1, 0.15) is 0 Å². The van der Waals surface area contributed by atoms with Crippen LogP contribution in [0.4, 0.5) is 0 Å². The lowest BCUT2D eigenvalue weighted by Gasteiger charge is -2.27. The van der Waals surface area contributed by atoms with Gasteiger partial charge in [0.2, 0.25) is 0 Å². The first-order valence-corrected chi connectivity index (χ1v) is 19.9. The standard InChI is InChI=1S/C33H54OP2.2BrH/c1-7-21-35(22-8-2,23-9-3)27-29-13-17-31(18-14-29)33(34)32-19-15-30(16-20-32)28-36(24-10-4,25-11-5)26-12-6;;/h13-20H,7-12,21-28H2,1-6H3;2*1H/q+2;;/p-2. The molecule has 2 aromatic carbocycles. The molecule has 1 nitrogen and oxygen atoms in total. The molecule has 0 unspecified atom stereocenters. The zero-order chi connectivity index (χ0) is 26.4. The van der Waals surface area contributed by atoms with E-state index < -0.39 is 14.5 Å². The lowest BCUT2D eigenvalue weighted by Crippen LogP contribution is -3.00. The molecule has 0 saturated heterocycles. The number of benzene rings is 2. The number of hydrogen-bond donors (Lipinski definition) is 0. The van der Waals surface area contributed by atoms with E-state index in [1.165, 1.54) is 98.9 Å². The van der Waals surface area contributed by atoms with E-state index in [0.717, 1.165) is 11.1 Å². The quantitative estimate of drug-likeness (QED) is 0.168. The van der Waals surface area contributed by atoms with Crippen LogP contribution in [0.2, 0.25) is 0 Å². The maximum absolute atomic E-state index is 13.3. The Morgan fingerprint density at radius 3 is 0.921 bits per heavy atom. The topological polar surface area (TPSA) is 17.1 Å². The second-order valence-electron chi connectivity index (χ2n) is 11.1. The normalized spacial score (nSPS) is 11.5. The van der Waals surface area contributed by atoms with Crippen molar-refractivity contribution in [3.8, 4) is 0 Å². The van der Waals surface area contributed by atoms with Gasteiger partial charge in [-0.1, -0.05) is 90.1 Å². The highest BCUT2D eigenvalue weighted by atomic mass is 79.9. The lowest BCUT2D eigenvalue weighted by atomic mass is 10.0. The Kier molecular flexibility index (Phi) is 19.9. The van der Waals surface area contributed by atoms with Crippen LogP contribution in [0.5, 0.6) is 0 Å². The Morgan fingerprint density at radius 1 is 0.474 bits per heavy atom. The molecule has 0 aliphatic carbocycles. The van der Waals surface area contributed by atoms with Crippen molar-refractivity contribution in [1.82, 2.24) is 0 Å². The van der Waals surface area contributed by atoms with Crippen LogP contribution in [-0.2, 0) is 12.3 Å². The average Bonchev–Trinajstić information content (AvgIpc) is 2.85. The van der Waals surface area contributed by atoms with Gasteiger partial charge in [-0.3, -0.25) is 4.79 Å². The highest BCUT2D eigenvalue weighted by Crippen LogP contribution is 2.63. The Hall–Kier alpha value is -0.0700. The summed E-state index contributed by atoms with van der Waals surface area (Å²) in [5, 5.41) is 0. The van der Waals surface area contributed by atoms with Gasteiger partial charge < -0.3 is 34.0 Å². The predicted molar refractivity (Wildman–Crippen MR) is 169 cm³/mol. The van der Waals surface area contributed by atoms with Gasteiger partial charge in [0.15, 0.2) is 5.78 Å². The summed E-state index contributed by atoms with van der Waals surface area (Å²) in [4.78, 5) is 13.3. The molecule has 2 rings (SSSR count). The number of ketones is 1. The lowest BCUT2D eigenvalue weighted by molar-refractivity contribution is -0.001000. The zero-order valence-electron chi connectivity index (χ0n) is 25.1. The Morgan fingerprint density at radius 2 is 0.711 bits per heavy atom. The van der Waals surface area contributed by atoms with Gasteiger partial charge in [-0.05, 0) is 49.7 Å². The van der Waals surface area contributed by atoms with Gasteiger partial charge in [-0.2, -0.15) is 0 Å². The summed E-state index contributed by atoms with van der Waals surface area (Å²) < 4.78 is 0. The maximum Gasteiger partial charge on any atom is 0.193 e. The first-order chi connectivity index (χ1) is 17.4. The van der Waals surface area contributed by atoms with Crippen molar-refractivity contribution in [2.45, 2.75) is 92.4 Å². The van der Waals surface area contributed by atoms with E-state index in [1.807, 2.05) is 0 Å². The maximum atomic E-state index is 13.3. The van der Waals surface area contributed by atoms with Crippen LogP contribution >= 0.6 is 14.5 Å². The fraction of sp³-hybridized carbons (Fsp3) is 0.606. The minimum absolute atomic E-state index is 0. The smallest absolute Gasteiger partial charge is 0.193 e. The van der Waals surface area contributed by atoms with E-state index in [0.29, 0.717) is 0 Å². The van der Waals surface area contributed by atoms with Crippen molar-refractivity contribution in [3.05, 3.63) is 70.8 Å². The summed E-state index contributed by atoms with van der Waals surface area (Å²) >= 11 is 0. The van der Waals surface area contributed by atoms with Gasteiger partial charge in [-0.25, -0.2) is 0 Å². The monoisotopic (exact) mass is 686 g/mol. The number of carbonyl (C=O) groups excluding carboxylic acids is 1. The second-order valence-corrected chi connectivity index (χ2v) is 19.7. The largest absolute Gasteiger partial charge is 1.00 e. The fourth-order valence-electron chi connectivity index (χ4n) is 6.46. The van der Waals surface area contributed by atoms with Crippen molar-refractivity contribution in [2.24, 2.45) is 0 Å². The Balaban J connectivity index is 0.00000684. The van der Waals surface area contributed by atoms with Crippen molar-refractivity contribution >= 4 is 20.3 Å². The molecule has 0 aliphatic heterocycles. The minimum Gasteiger partial charge on any atom is -1.00 e. The molecule has 38 heavy (non-hydrogen) atoms. The summed E-state index contributed by atoms with van der Waals surface area (Å²) in [6, 6.07) is 17.2. The average molecular weight is 689 g/mol. The summed E-state index contributed by atoms with van der Waals surface area (Å²) in [6.45, 7) is 14.0. The van der Waals surface area contributed by atoms with Crippen LogP contribution in [0.15, 0.2) is 48.5 Å². The van der Waals surface area contributed by atoms with E-state index in [1.54, 1.807) is 0 Å². The molecule has 0 aliphatic rings. The predicted octanol–water partition coefficient (Wildman–Crippen LogP) is 4.42. The molecule has 2 aromatic rings. The minimum atomic E-state index is -0.936. The molecule has 0 radical (unpaired) electrons. The van der Waals surface area contributed by atoms with Crippen LogP contribution in [0.1, 0.15) is 107 Å². The number of carbonyl (C=O) groups is 1. The van der Waals surface area contributed by atoms with Crippen LogP contribution in [0.3, 0.4) is 0 Å². The zero-order valence-corrected chi connectivity index (χ0v) is 30.0. The van der Waals surface area contributed by atoms with Gasteiger partial charge in [0.25, 0.3) is 0 Å². The molecule has 0 heterocycles. The molecule has 216 valence electrons. The molecule has 0 amide bonds. The SMILES string of the molecule is CCC[P+](CCC)(CCC)Cc1ccc(C(=O)c2ccc(C[P+](CCC)(CCC)CCC)cc2)cc1.[Br-].[Br-]. The van der Waals surface area contributed by atoms with Crippen LogP contribution in [0.25, 0.3) is 0 Å². The molecule has 0 spiro atoms. The van der Waals surface area contributed by atoms with E-state index in [-0.39, 0.29) is 39.7 Å². The summed E-state index contributed by atoms with van der Waals surface area (Å²) in [5.74, 6) is 0.154. The van der Waals surface area contributed by atoms with E-state index >= 15 is 0 Å². The van der Waals surface area contributed by atoms with Crippen molar-refractivity contribution < 1.29 is 38.8 Å². The van der Waals surface area contributed by atoms with Gasteiger partial charge in [0.05, 0.1) is 49.3 Å². The molecular formula is C33H54Br2OP2. The summed E-state index contributed by atoms with van der Waals surface area (Å²) in [7, 11) is -1.87. The van der Waals surface area contributed by atoms with Crippen LogP contribution in [-0.4, -0.2) is 42.8 Å². The highest BCUT2D eigenvalue weighted by molar-refractivity contribution is 7.75. The number of halogens is 2. The molecule has 5 heteroatoms. The first-order valence-electron chi connectivity index (χ1n) is 14.8. The van der Waals surface area contributed by atoms with Crippen LogP contribution < -0.4 is 34.0 Å². The molecule has 0 N–H and O–H groups in total. The molecule has 0 fully saturated rings. The molecular weight excluding hydrogens is 634 g/mol. The Labute approximate surface area is 258 Å². The third-order valence-electron chi connectivity index (χ3n) is 7.66. The molecule has 0 bridgehead atoms. The van der Waals surface area contributed by atoms with Gasteiger partial charge >= 0.3 is 0 Å². The fourth-order valence-corrected chi connectivity index (χ4v) is 16.4. The van der Waals surface area contributed by atoms with Crippen molar-refractivity contribution in [3.63, 3.8) is 0 Å². The van der Waals surface area contributed by atoms with E-state index in [4.69, 9.17) is 0 Å².